The lowest BCUT2D eigenvalue weighted by atomic mass is 10.1. The zero-order valence-electron chi connectivity index (χ0n) is 11.8. The van der Waals surface area contributed by atoms with Gasteiger partial charge in [0.2, 0.25) is 0 Å². The highest BCUT2D eigenvalue weighted by Crippen LogP contribution is 2.41. The lowest BCUT2D eigenvalue weighted by Gasteiger charge is -2.16. The summed E-state index contributed by atoms with van der Waals surface area (Å²) in [4.78, 5) is 1.39. The van der Waals surface area contributed by atoms with Crippen molar-refractivity contribution in [3.8, 4) is 0 Å². The van der Waals surface area contributed by atoms with Crippen molar-refractivity contribution in [2.24, 2.45) is 5.92 Å². The molecule has 0 radical (unpaired) electrons. The van der Waals surface area contributed by atoms with Crippen LogP contribution in [0.5, 0.6) is 0 Å². The van der Waals surface area contributed by atoms with Gasteiger partial charge in [-0.2, -0.15) is 0 Å². The summed E-state index contributed by atoms with van der Waals surface area (Å²) in [5, 5.41) is 5.85. The van der Waals surface area contributed by atoms with Gasteiger partial charge in [-0.1, -0.05) is 6.92 Å². The van der Waals surface area contributed by atoms with Crippen LogP contribution in [0, 0.1) is 5.92 Å². The van der Waals surface area contributed by atoms with Gasteiger partial charge in [0.15, 0.2) is 0 Å². The summed E-state index contributed by atoms with van der Waals surface area (Å²) in [6.45, 7) is 4.31. The first-order valence-electron chi connectivity index (χ1n) is 7.39. The molecular weight excluding hydrogens is 332 g/mol. The van der Waals surface area contributed by atoms with Crippen LogP contribution in [0.15, 0.2) is 34.4 Å². The van der Waals surface area contributed by atoms with E-state index in [1.165, 1.54) is 34.2 Å². The third-order valence-corrected chi connectivity index (χ3v) is 5.77. The van der Waals surface area contributed by atoms with Crippen LogP contribution >= 0.6 is 27.3 Å². The van der Waals surface area contributed by atoms with E-state index < -0.39 is 0 Å². The van der Waals surface area contributed by atoms with Crippen LogP contribution in [0.4, 0.5) is 0 Å². The van der Waals surface area contributed by atoms with Crippen molar-refractivity contribution in [3.05, 3.63) is 44.8 Å². The summed E-state index contributed by atoms with van der Waals surface area (Å²) in [5.41, 5.74) is 1.45. The Bertz CT molecular complexity index is 556. The molecule has 1 N–H and O–H groups in total. The number of nitrogens with zero attached hydrogens (tertiary/aromatic N) is 1. The van der Waals surface area contributed by atoms with E-state index in [-0.39, 0.29) is 0 Å². The molecule has 20 heavy (non-hydrogen) atoms. The van der Waals surface area contributed by atoms with E-state index in [4.69, 9.17) is 0 Å². The van der Waals surface area contributed by atoms with Crippen molar-refractivity contribution >= 4 is 27.3 Å². The minimum atomic E-state index is 0.558. The molecule has 1 aliphatic rings. The van der Waals surface area contributed by atoms with Gasteiger partial charge < -0.3 is 9.88 Å². The van der Waals surface area contributed by atoms with E-state index in [1.807, 2.05) is 11.3 Å². The first-order valence-corrected chi connectivity index (χ1v) is 9.06. The Labute approximate surface area is 133 Å². The third-order valence-electron chi connectivity index (χ3n) is 3.86. The summed E-state index contributed by atoms with van der Waals surface area (Å²) < 4.78 is 3.52. The molecule has 2 nitrogen and oxygen atoms in total. The highest BCUT2D eigenvalue weighted by atomic mass is 79.9. The van der Waals surface area contributed by atoms with Crippen molar-refractivity contribution < 1.29 is 0 Å². The molecular formula is C16H21BrN2S. The molecule has 2 aromatic rings. The second-order valence-corrected chi connectivity index (χ2v) is 7.43. The Morgan fingerprint density at radius 1 is 1.45 bits per heavy atom. The number of rotatable bonds is 7. The van der Waals surface area contributed by atoms with E-state index >= 15 is 0 Å². The molecule has 0 spiro atoms. The quantitative estimate of drug-likeness (QED) is 0.756. The predicted molar refractivity (Wildman–Crippen MR) is 89.3 cm³/mol. The summed E-state index contributed by atoms with van der Waals surface area (Å²) in [6, 6.07) is 4.97. The van der Waals surface area contributed by atoms with Gasteiger partial charge >= 0.3 is 0 Å². The molecule has 4 heteroatoms. The molecule has 1 saturated carbocycles. The number of nitrogens with one attached hydrogen (secondary N) is 1. The molecule has 0 aromatic carbocycles. The number of thiophene rings is 1. The van der Waals surface area contributed by atoms with Crippen LogP contribution < -0.4 is 5.32 Å². The maximum absolute atomic E-state index is 3.71. The smallest absolute Gasteiger partial charge is 0.0574 e. The van der Waals surface area contributed by atoms with Gasteiger partial charge in [0.1, 0.15) is 0 Å². The van der Waals surface area contributed by atoms with Gasteiger partial charge in [-0.3, -0.25) is 0 Å². The van der Waals surface area contributed by atoms with Crippen molar-refractivity contribution in [3.63, 3.8) is 0 Å². The van der Waals surface area contributed by atoms with Gasteiger partial charge in [0, 0.05) is 27.8 Å². The molecule has 0 bridgehead atoms. The summed E-state index contributed by atoms with van der Waals surface area (Å²) >= 11 is 5.42. The maximum atomic E-state index is 3.71. The Morgan fingerprint density at radius 3 is 2.95 bits per heavy atom. The predicted octanol–water partition coefficient (Wildman–Crippen LogP) is 4.81. The zero-order chi connectivity index (χ0) is 13.9. The molecule has 2 aromatic heterocycles. The van der Waals surface area contributed by atoms with Gasteiger partial charge in [0.05, 0.1) is 6.54 Å². The zero-order valence-corrected chi connectivity index (χ0v) is 14.2. The van der Waals surface area contributed by atoms with Crippen LogP contribution in [-0.2, 0) is 6.54 Å². The van der Waals surface area contributed by atoms with E-state index in [2.05, 4.69) is 62.6 Å². The molecule has 3 rings (SSSR count). The Morgan fingerprint density at radius 2 is 2.30 bits per heavy atom. The lowest BCUT2D eigenvalue weighted by molar-refractivity contribution is 0.480. The molecule has 2 heterocycles. The summed E-state index contributed by atoms with van der Waals surface area (Å²) in [5.74, 6) is 0.853. The fourth-order valence-corrected chi connectivity index (χ4v) is 4.12. The second-order valence-electron chi connectivity index (χ2n) is 5.58. The number of halogens is 1. The number of hydrogen-bond acceptors (Lipinski definition) is 2. The van der Waals surface area contributed by atoms with Crippen LogP contribution in [0.1, 0.15) is 42.7 Å². The molecule has 1 fully saturated rings. The molecule has 1 unspecified atom stereocenters. The Balaban J connectivity index is 1.70. The SMILES string of the molecule is CCCNC(c1ccn(Cc2sccc2Br)c1)C1CC1. The van der Waals surface area contributed by atoms with Gasteiger partial charge in [-0.25, -0.2) is 0 Å². The van der Waals surface area contributed by atoms with Crippen molar-refractivity contribution in [2.45, 2.75) is 38.8 Å². The van der Waals surface area contributed by atoms with E-state index in [0.29, 0.717) is 6.04 Å². The summed E-state index contributed by atoms with van der Waals surface area (Å²) in [7, 11) is 0. The number of hydrogen-bond donors (Lipinski definition) is 1. The average molecular weight is 353 g/mol. The molecule has 0 amide bonds. The first kappa shape index (κ1) is 14.4. The molecule has 0 aliphatic heterocycles. The minimum absolute atomic E-state index is 0.558. The Kier molecular flexibility index (Phi) is 4.64. The van der Waals surface area contributed by atoms with Crippen molar-refractivity contribution in [1.82, 2.24) is 9.88 Å². The van der Waals surface area contributed by atoms with E-state index in [1.54, 1.807) is 0 Å². The van der Waals surface area contributed by atoms with Gasteiger partial charge in [0.25, 0.3) is 0 Å². The highest BCUT2D eigenvalue weighted by molar-refractivity contribution is 9.10. The first-order chi connectivity index (χ1) is 9.78. The van der Waals surface area contributed by atoms with Crippen LogP contribution in [0.3, 0.4) is 0 Å². The topological polar surface area (TPSA) is 17.0 Å². The number of aromatic nitrogens is 1. The van der Waals surface area contributed by atoms with Crippen LogP contribution in [0.2, 0.25) is 0 Å². The molecule has 108 valence electrons. The normalized spacial score (nSPS) is 16.5. The largest absolute Gasteiger partial charge is 0.349 e. The molecule has 0 saturated heterocycles. The van der Waals surface area contributed by atoms with Gasteiger partial charge in [-0.05, 0) is 70.7 Å². The van der Waals surface area contributed by atoms with E-state index in [0.717, 1.165) is 19.0 Å². The van der Waals surface area contributed by atoms with Crippen LogP contribution in [-0.4, -0.2) is 11.1 Å². The average Bonchev–Trinajstić information content (AvgIpc) is 3.05. The van der Waals surface area contributed by atoms with E-state index in [9.17, 15) is 0 Å². The maximum Gasteiger partial charge on any atom is 0.0574 e. The Hall–Kier alpha value is -0.580. The molecule has 1 aliphatic carbocycles. The standard InChI is InChI=1S/C16H21BrN2S/c1-2-7-18-16(12-3-4-12)13-5-8-19(10-13)11-15-14(17)6-9-20-15/h5-6,8-10,12,16,18H,2-4,7,11H2,1H3. The lowest BCUT2D eigenvalue weighted by Crippen LogP contribution is -2.23. The third kappa shape index (κ3) is 3.35. The highest BCUT2D eigenvalue weighted by Gasteiger charge is 2.32. The minimum Gasteiger partial charge on any atom is -0.349 e. The monoisotopic (exact) mass is 352 g/mol. The summed E-state index contributed by atoms with van der Waals surface area (Å²) in [6.07, 6.45) is 8.49. The van der Waals surface area contributed by atoms with Gasteiger partial charge in [-0.15, -0.1) is 11.3 Å². The van der Waals surface area contributed by atoms with Crippen LogP contribution in [0.25, 0.3) is 0 Å². The molecule has 1 atom stereocenters. The van der Waals surface area contributed by atoms with Crippen molar-refractivity contribution in [2.75, 3.05) is 6.54 Å². The fraction of sp³-hybridized carbons (Fsp3) is 0.500. The second kappa shape index (κ2) is 6.46. The van der Waals surface area contributed by atoms with Crippen molar-refractivity contribution in [1.29, 1.82) is 0 Å². The fourth-order valence-electron chi connectivity index (χ4n) is 2.63.